The highest BCUT2D eigenvalue weighted by Gasteiger charge is 2.18. The van der Waals surface area contributed by atoms with Gasteiger partial charge in [0.15, 0.2) is 5.82 Å². The monoisotopic (exact) mass is 454 g/mol. The summed E-state index contributed by atoms with van der Waals surface area (Å²) in [6.45, 7) is 1.97. The highest BCUT2D eigenvalue weighted by atomic mass is 19.1. The molecule has 5 rings (SSSR count). The van der Waals surface area contributed by atoms with Gasteiger partial charge in [0.25, 0.3) is 5.91 Å². The molecule has 0 unspecified atom stereocenters. The van der Waals surface area contributed by atoms with Crippen molar-refractivity contribution in [2.45, 2.75) is 13.5 Å². The summed E-state index contributed by atoms with van der Waals surface area (Å²) in [4.78, 5) is 21.4. The Hall–Kier alpha value is -4.66. The number of aromatic nitrogens is 5. The van der Waals surface area contributed by atoms with E-state index >= 15 is 0 Å². The first-order valence-electron chi connectivity index (χ1n) is 10.5. The molecular formula is C25H19FN6O2. The lowest BCUT2D eigenvalue weighted by Gasteiger charge is -2.08. The van der Waals surface area contributed by atoms with Crippen LogP contribution in [0.4, 0.5) is 10.1 Å². The van der Waals surface area contributed by atoms with E-state index in [0.29, 0.717) is 45.4 Å². The molecule has 5 aromatic rings. The number of carbonyl (C=O) groups excluding carboxylic acids is 1. The number of nitrogens with zero attached hydrogens (tertiary/aromatic N) is 5. The first kappa shape index (κ1) is 21.2. The van der Waals surface area contributed by atoms with Gasteiger partial charge in [0.1, 0.15) is 23.5 Å². The van der Waals surface area contributed by atoms with Crippen molar-refractivity contribution in [1.82, 2.24) is 24.9 Å². The second-order valence-corrected chi connectivity index (χ2v) is 7.56. The number of nitrogens with one attached hydrogen (secondary N) is 1. The maximum atomic E-state index is 14.3. The van der Waals surface area contributed by atoms with E-state index in [-0.39, 0.29) is 18.3 Å². The molecule has 0 bridgehead atoms. The van der Waals surface area contributed by atoms with Gasteiger partial charge in [-0.3, -0.25) is 9.48 Å². The summed E-state index contributed by atoms with van der Waals surface area (Å²) in [6.07, 6.45) is 3.00. The van der Waals surface area contributed by atoms with Crippen LogP contribution in [0.3, 0.4) is 0 Å². The van der Waals surface area contributed by atoms with Gasteiger partial charge >= 0.3 is 0 Å². The molecular weight excluding hydrogens is 435 g/mol. The summed E-state index contributed by atoms with van der Waals surface area (Å²) >= 11 is 0. The maximum absolute atomic E-state index is 14.3. The summed E-state index contributed by atoms with van der Waals surface area (Å²) in [5, 5.41) is 11.4. The van der Waals surface area contributed by atoms with E-state index in [1.807, 2.05) is 6.07 Å². The smallest absolute Gasteiger partial charge is 0.255 e. The summed E-state index contributed by atoms with van der Waals surface area (Å²) in [5.41, 5.74) is 3.78. The summed E-state index contributed by atoms with van der Waals surface area (Å²) < 4.78 is 20.9. The maximum Gasteiger partial charge on any atom is 0.255 e. The van der Waals surface area contributed by atoms with Crippen molar-refractivity contribution in [3.8, 4) is 22.9 Å². The Morgan fingerprint density at radius 1 is 1.06 bits per heavy atom. The van der Waals surface area contributed by atoms with Crippen LogP contribution in [0.2, 0.25) is 0 Å². The van der Waals surface area contributed by atoms with Crippen LogP contribution in [-0.2, 0) is 6.54 Å². The number of rotatable bonds is 6. The van der Waals surface area contributed by atoms with Gasteiger partial charge in [-0.1, -0.05) is 41.6 Å². The number of hydrogen-bond donors (Lipinski definition) is 1. The van der Waals surface area contributed by atoms with Crippen LogP contribution in [0, 0.1) is 12.7 Å². The van der Waals surface area contributed by atoms with Crippen molar-refractivity contribution in [2.24, 2.45) is 0 Å². The van der Waals surface area contributed by atoms with E-state index in [0.717, 1.165) is 0 Å². The van der Waals surface area contributed by atoms with Gasteiger partial charge in [0.05, 0.1) is 29.8 Å². The Labute approximate surface area is 194 Å². The van der Waals surface area contributed by atoms with E-state index < -0.39 is 0 Å². The molecule has 3 aromatic heterocycles. The number of halogens is 1. The van der Waals surface area contributed by atoms with Crippen molar-refractivity contribution >= 4 is 11.6 Å². The van der Waals surface area contributed by atoms with Gasteiger partial charge in [-0.25, -0.2) is 14.4 Å². The fourth-order valence-electron chi connectivity index (χ4n) is 3.48. The van der Waals surface area contributed by atoms with Gasteiger partial charge in [-0.2, -0.15) is 5.10 Å². The van der Waals surface area contributed by atoms with Crippen molar-refractivity contribution in [3.05, 3.63) is 102 Å². The van der Waals surface area contributed by atoms with Gasteiger partial charge in [-0.15, -0.1) is 0 Å². The molecule has 0 spiro atoms. The molecule has 0 aliphatic rings. The molecule has 0 aliphatic heterocycles. The average Bonchev–Trinajstić information content (AvgIpc) is 3.52. The zero-order chi connectivity index (χ0) is 23.5. The van der Waals surface area contributed by atoms with Crippen LogP contribution >= 0.6 is 0 Å². The molecule has 9 heteroatoms. The van der Waals surface area contributed by atoms with Crippen LogP contribution in [-0.4, -0.2) is 30.8 Å². The quantitative estimate of drug-likeness (QED) is 0.398. The Morgan fingerprint density at radius 2 is 1.85 bits per heavy atom. The van der Waals surface area contributed by atoms with Gasteiger partial charge in [0, 0.05) is 17.2 Å². The zero-order valence-electron chi connectivity index (χ0n) is 18.1. The first-order chi connectivity index (χ1) is 16.6. The predicted molar refractivity (Wildman–Crippen MR) is 123 cm³/mol. The molecule has 2 aromatic carbocycles. The van der Waals surface area contributed by atoms with Gasteiger partial charge in [0.2, 0.25) is 0 Å². The highest BCUT2D eigenvalue weighted by molar-refractivity contribution is 6.04. The Balaban J connectivity index is 1.46. The minimum Gasteiger partial charge on any atom is -0.364 e. The van der Waals surface area contributed by atoms with Crippen LogP contribution in [0.5, 0.6) is 0 Å². The fourth-order valence-corrected chi connectivity index (χ4v) is 3.48. The SMILES string of the molecule is Cc1nc(-c2cc(-c3ccon3)n(Cc3ccccc3F)n2)ncc1NC(=O)c1ccccc1. The normalized spacial score (nSPS) is 10.9. The van der Waals surface area contributed by atoms with E-state index in [1.165, 1.54) is 12.3 Å². The molecule has 0 saturated heterocycles. The molecule has 168 valence electrons. The molecule has 8 nitrogen and oxygen atoms in total. The molecule has 1 amide bonds. The zero-order valence-corrected chi connectivity index (χ0v) is 18.1. The third kappa shape index (κ3) is 4.31. The number of anilines is 1. The van der Waals surface area contributed by atoms with Gasteiger partial charge < -0.3 is 9.84 Å². The van der Waals surface area contributed by atoms with Crippen LogP contribution < -0.4 is 5.32 Å². The number of aryl methyl sites for hydroxylation is 1. The van der Waals surface area contributed by atoms with Crippen molar-refractivity contribution < 1.29 is 13.7 Å². The number of amides is 1. The lowest BCUT2D eigenvalue weighted by molar-refractivity contribution is 0.102. The standard InChI is InChI=1S/C25H19FN6O2/c1-16-22(29-25(33)17-7-3-2-4-8-17)14-27-24(28-16)21-13-23(20-11-12-34-31-20)32(30-21)15-18-9-5-6-10-19(18)26/h2-14H,15H2,1H3,(H,29,33). The molecule has 0 aliphatic carbocycles. The van der Waals surface area contributed by atoms with E-state index in [9.17, 15) is 9.18 Å². The topological polar surface area (TPSA) is 98.7 Å². The van der Waals surface area contributed by atoms with E-state index in [4.69, 9.17) is 4.52 Å². The predicted octanol–water partition coefficient (Wildman–Crippen LogP) is 4.74. The molecule has 0 saturated carbocycles. The molecule has 34 heavy (non-hydrogen) atoms. The Bertz CT molecular complexity index is 1450. The second kappa shape index (κ2) is 9.07. The minimum absolute atomic E-state index is 0.194. The van der Waals surface area contributed by atoms with Crippen LogP contribution in [0.25, 0.3) is 22.9 Å². The minimum atomic E-state index is -0.323. The number of benzene rings is 2. The molecule has 0 radical (unpaired) electrons. The van der Waals surface area contributed by atoms with Crippen molar-refractivity contribution in [2.75, 3.05) is 5.32 Å². The summed E-state index contributed by atoms with van der Waals surface area (Å²) in [6, 6.07) is 18.9. The molecule has 3 heterocycles. The van der Waals surface area contributed by atoms with Crippen molar-refractivity contribution in [3.63, 3.8) is 0 Å². The molecule has 0 atom stereocenters. The third-order valence-corrected chi connectivity index (χ3v) is 5.25. The van der Waals surface area contributed by atoms with Crippen LogP contribution in [0.1, 0.15) is 21.6 Å². The largest absolute Gasteiger partial charge is 0.364 e. The fraction of sp³-hybridized carbons (Fsp3) is 0.0800. The first-order valence-corrected chi connectivity index (χ1v) is 10.5. The summed E-state index contributed by atoms with van der Waals surface area (Å²) in [7, 11) is 0. The molecule has 0 fully saturated rings. The number of carbonyl (C=O) groups is 1. The molecule has 1 N–H and O–H groups in total. The van der Waals surface area contributed by atoms with Crippen molar-refractivity contribution in [1.29, 1.82) is 0 Å². The Morgan fingerprint density at radius 3 is 2.59 bits per heavy atom. The van der Waals surface area contributed by atoms with E-state index in [2.05, 4.69) is 25.5 Å². The average molecular weight is 454 g/mol. The second-order valence-electron chi connectivity index (χ2n) is 7.56. The van der Waals surface area contributed by atoms with E-state index in [1.54, 1.807) is 72.4 Å². The lowest BCUT2D eigenvalue weighted by Crippen LogP contribution is -2.13. The highest BCUT2D eigenvalue weighted by Crippen LogP contribution is 2.26. The number of hydrogen-bond acceptors (Lipinski definition) is 6. The van der Waals surface area contributed by atoms with Crippen LogP contribution in [0.15, 0.2) is 83.7 Å². The lowest BCUT2D eigenvalue weighted by atomic mass is 10.2. The third-order valence-electron chi connectivity index (χ3n) is 5.25. The summed E-state index contributed by atoms with van der Waals surface area (Å²) in [5.74, 6) is -0.203. The Kier molecular flexibility index (Phi) is 5.65. The van der Waals surface area contributed by atoms with Gasteiger partial charge in [-0.05, 0) is 31.2 Å².